The summed E-state index contributed by atoms with van der Waals surface area (Å²) in [6.45, 7) is 2.92. The molecule has 2 aliphatic rings. The number of amides is 1. The van der Waals surface area contributed by atoms with Gasteiger partial charge in [-0.25, -0.2) is 0 Å². The lowest BCUT2D eigenvalue weighted by Crippen LogP contribution is -2.50. The third-order valence-electron chi connectivity index (χ3n) is 6.46. The monoisotopic (exact) mass is 358 g/mol. The number of likely N-dealkylation sites (tertiary alicyclic amines) is 1. The van der Waals surface area contributed by atoms with Gasteiger partial charge in [0.15, 0.2) is 0 Å². The van der Waals surface area contributed by atoms with Crippen molar-refractivity contribution in [2.45, 2.75) is 56.8 Å². The van der Waals surface area contributed by atoms with E-state index >= 15 is 0 Å². The van der Waals surface area contributed by atoms with Gasteiger partial charge in [-0.15, -0.1) is 0 Å². The number of carbonyl (C=O) groups excluding carboxylic acids is 1. The molecule has 1 aromatic carbocycles. The Balaban J connectivity index is 1.74. The highest BCUT2D eigenvalue weighted by atomic mass is 16.5. The van der Waals surface area contributed by atoms with Gasteiger partial charge in [-0.1, -0.05) is 31.4 Å². The Morgan fingerprint density at radius 1 is 1.15 bits per heavy atom. The number of rotatable bonds is 6. The smallest absolute Gasteiger partial charge is 0.233 e. The first-order chi connectivity index (χ1) is 12.7. The first-order valence-electron chi connectivity index (χ1n) is 10.3. The van der Waals surface area contributed by atoms with E-state index in [4.69, 9.17) is 4.74 Å². The highest BCUT2D eigenvalue weighted by Gasteiger charge is 2.44. The van der Waals surface area contributed by atoms with Crippen LogP contribution in [0.4, 0.5) is 0 Å². The molecule has 1 saturated heterocycles. The first-order valence-corrected chi connectivity index (χ1v) is 10.3. The number of carbonyl (C=O) groups is 1. The molecule has 0 bridgehead atoms. The van der Waals surface area contributed by atoms with Crippen molar-refractivity contribution in [2.75, 3.05) is 33.8 Å². The van der Waals surface area contributed by atoms with Crippen LogP contribution in [0.25, 0.3) is 0 Å². The molecule has 0 spiro atoms. The van der Waals surface area contributed by atoms with E-state index in [1.807, 2.05) is 19.2 Å². The summed E-state index contributed by atoms with van der Waals surface area (Å²) in [5.41, 5.74) is 0.864. The SMILES string of the molecule is CNCCC1CCN(C(=O)C2(c3ccc(OC)cc3)CCCCC2)CC1. The summed E-state index contributed by atoms with van der Waals surface area (Å²) in [4.78, 5) is 15.8. The molecule has 1 heterocycles. The van der Waals surface area contributed by atoms with E-state index in [0.29, 0.717) is 5.91 Å². The van der Waals surface area contributed by atoms with Gasteiger partial charge in [-0.05, 0) is 69.3 Å². The van der Waals surface area contributed by atoms with Crippen molar-refractivity contribution >= 4 is 5.91 Å². The van der Waals surface area contributed by atoms with Crippen molar-refractivity contribution in [3.63, 3.8) is 0 Å². The summed E-state index contributed by atoms with van der Waals surface area (Å²) in [5.74, 6) is 1.99. The Morgan fingerprint density at radius 3 is 2.38 bits per heavy atom. The minimum absolute atomic E-state index is 0.317. The maximum Gasteiger partial charge on any atom is 0.233 e. The second-order valence-electron chi connectivity index (χ2n) is 8.00. The molecule has 1 saturated carbocycles. The van der Waals surface area contributed by atoms with Crippen LogP contribution in [0.1, 0.15) is 56.9 Å². The van der Waals surface area contributed by atoms with Crippen LogP contribution in [0.2, 0.25) is 0 Å². The Hall–Kier alpha value is -1.55. The molecule has 1 aromatic rings. The summed E-state index contributed by atoms with van der Waals surface area (Å²) in [6.07, 6.45) is 9.03. The molecule has 3 rings (SSSR count). The first kappa shape index (κ1) is 19.2. The van der Waals surface area contributed by atoms with Gasteiger partial charge in [0.2, 0.25) is 5.91 Å². The van der Waals surface area contributed by atoms with E-state index in [1.165, 1.54) is 18.4 Å². The maximum absolute atomic E-state index is 13.6. The van der Waals surface area contributed by atoms with Gasteiger partial charge in [0.1, 0.15) is 5.75 Å². The van der Waals surface area contributed by atoms with E-state index < -0.39 is 0 Å². The van der Waals surface area contributed by atoms with Crippen molar-refractivity contribution in [1.29, 1.82) is 0 Å². The number of ether oxygens (including phenoxy) is 1. The molecule has 1 aliphatic carbocycles. The van der Waals surface area contributed by atoms with Gasteiger partial charge in [-0.3, -0.25) is 4.79 Å². The fourth-order valence-corrected chi connectivity index (χ4v) is 4.77. The highest BCUT2D eigenvalue weighted by Crippen LogP contribution is 2.42. The molecular weight excluding hydrogens is 324 g/mol. The minimum atomic E-state index is -0.317. The fourth-order valence-electron chi connectivity index (χ4n) is 4.77. The zero-order valence-corrected chi connectivity index (χ0v) is 16.4. The Kier molecular flexibility index (Phi) is 6.58. The average molecular weight is 359 g/mol. The Labute approximate surface area is 158 Å². The van der Waals surface area contributed by atoms with Gasteiger partial charge in [0.05, 0.1) is 12.5 Å². The average Bonchev–Trinajstić information content (AvgIpc) is 2.72. The van der Waals surface area contributed by atoms with E-state index in [-0.39, 0.29) is 5.41 Å². The lowest BCUT2D eigenvalue weighted by molar-refractivity contribution is -0.140. The summed E-state index contributed by atoms with van der Waals surface area (Å²) >= 11 is 0. The molecule has 1 aliphatic heterocycles. The van der Waals surface area contributed by atoms with Gasteiger partial charge < -0.3 is 15.0 Å². The van der Waals surface area contributed by atoms with Crippen molar-refractivity contribution < 1.29 is 9.53 Å². The van der Waals surface area contributed by atoms with Crippen LogP contribution < -0.4 is 10.1 Å². The molecule has 2 fully saturated rings. The van der Waals surface area contributed by atoms with Crippen molar-refractivity contribution in [3.05, 3.63) is 29.8 Å². The maximum atomic E-state index is 13.6. The number of nitrogens with zero attached hydrogens (tertiary/aromatic N) is 1. The predicted octanol–water partition coefficient (Wildman–Crippen LogP) is 3.75. The molecule has 0 atom stereocenters. The standard InChI is InChI=1S/C22H34N2O2/c1-23-15-10-18-11-16-24(17-12-18)21(25)22(13-4-3-5-14-22)19-6-8-20(26-2)9-7-19/h6-9,18,23H,3-5,10-17H2,1-2H3. The molecule has 144 valence electrons. The van der Waals surface area contributed by atoms with Crippen LogP contribution in [0.3, 0.4) is 0 Å². The Bertz CT molecular complexity index is 570. The van der Waals surface area contributed by atoms with Gasteiger partial charge in [-0.2, -0.15) is 0 Å². The molecule has 4 heteroatoms. The van der Waals surface area contributed by atoms with Crippen LogP contribution in [0, 0.1) is 5.92 Å². The molecule has 1 amide bonds. The van der Waals surface area contributed by atoms with E-state index in [2.05, 4.69) is 22.3 Å². The molecule has 0 radical (unpaired) electrons. The quantitative estimate of drug-likeness (QED) is 0.842. The summed E-state index contributed by atoms with van der Waals surface area (Å²) in [6, 6.07) is 8.23. The topological polar surface area (TPSA) is 41.6 Å². The molecule has 0 unspecified atom stereocenters. The lowest BCUT2D eigenvalue weighted by Gasteiger charge is -2.42. The number of benzene rings is 1. The number of hydrogen-bond donors (Lipinski definition) is 1. The van der Waals surface area contributed by atoms with Crippen LogP contribution in [-0.2, 0) is 10.2 Å². The second-order valence-corrected chi connectivity index (χ2v) is 8.00. The van der Waals surface area contributed by atoms with Gasteiger partial charge >= 0.3 is 0 Å². The van der Waals surface area contributed by atoms with Crippen molar-refractivity contribution in [1.82, 2.24) is 10.2 Å². The molecular formula is C22H34N2O2. The van der Waals surface area contributed by atoms with Crippen molar-refractivity contribution in [3.8, 4) is 5.75 Å². The lowest BCUT2D eigenvalue weighted by atomic mass is 9.68. The van der Waals surface area contributed by atoms with E-state index in [9.17, 15) is 4.79 Å². The third kappa shape index (κ3) is 4.06. The predicted molar refractivity (Wildman–Crippen MR) is 106 cm³/mol. The number of methoxy groups -OCH3 is 1. The highest BCUT2D eigenvalue weighted by molar-refractivity contribution is 5.88. The molecule has 0 aromatic heterocycles. The third-order valence-corrected chi connectivity index (χ3v) is 6.46. The second kappa shape index (κ2) is 8.90. The van der Waals surface area contributed by atoms with Crippen LogP contribution in [0.5, 0.6) is 5.75 Å². The van der Waals surface area contributed by atoms with E-state index in [1.54, 1.807) is 7.11 Å². The molecule has 26 heavy (non-hydrogen) atoms. The van der Waals surface area contributed by atoms with Gasteiger partial charge in [0.25, 0.3) is 0 Å². The minimum Gasteiger partial charge on any atom is -0.497 e. The fraction of sp³-hybridized carbons (Fsp3) is 0.682. The van der Waals surface area contributed by atoms with Crippen LogP contribution >= 0.6 is 0 Å². The largest absolute Gasteiger partial charge is 0.497 e. The van der Waals surface area contributed by atoms with Crippen molar-refractivity contribution in [2.24, 2.45) is 5.92 Å². The summed E-state index contributed by atoms with van der Waals surface area (Å²) in [7, 11) is 3.70. The molecule has 4 nitrogen and oxygen atoms in total. The zero-order valence-electron chi connectivity index (χ0n) is 16.4. The van der Waals surface area contributed by atoms with Crippen LogP contribution in [-0.4, -0.2) is 44.6 Å². The van der Waals surface area contributed by atoms with Gasteiger partial charge in [0, 0.05) is 13.1 Å². The Morgan fingerprint density at radius 2 is 1.81 bits per heavy atom. The zero-order chi connectivity index (χ0) is 18.4. The molecule has 1 N–H and O–H groups in total. The summed E-state index contributed by atoms with van der Waals surface area (Å²) < 4.78 is 5.31. The van der Waals surface area contributed by atoms with Crippen LogP contribution in [0.15, 0.2) is 24.3 Å². The number of nitrogens with one attached hydrogen (secondary N) is 1. The number of hydrogen-bond acceptors (Lipinski definition) is 3. The van der Waals surface area contributed by atoms with E-state index in [0.717, 1.165) is 69.8 Å². The summed E-state index contributed by atoms with van der Waals surface area (Å²) in [5, 5.41) is 3.25. The normalized spacial score (nSPS) is 20.8. The number of piperidine rings is 1.